The van der Waals surface area contributed by atoms with Gasteiger partial charge in [-0.1, -0.05) is 11.6 Å². The number of hydrogen-bond acceptors (Lipinski definition) is 2. The minimum Gasteiger partial charge on any atom is -0.320 e. The molecule has 1 rings (SSSR count). The van der Waals surface area contributed by atoms with Crippen molar-refractivity contribution in [1.82, 2.24) is 4.72 Å². The van der Waals surface area contributed by atoms with E-state index < -0.39 is 0 Å². The summed E-state index contributed by atoms with van der Waals surface area (Å²) < 4.78 is 2.81. The molecule has 0 aromatic carbocycles. The predicted octanol–water partition coefficient (Wildman–Crippen LogP) is 1.12. The molecule has 0 saturated carbocycles. The van der Waals surface area contributed by atoms with Crippen LogP contribution in [0, 0.1) is 6.08 Å². The topological polar surface area (TPSA) is 12.0 Å². The molecule has 1 heterocycles. The van der Waals surface area contributed by atoms with Gasteiger partial charge in [-0.3, -0.25) is 0 Å². The SMILES string of the molecule is ClC1=[C]CSN1. The third-order valence-corrected chi connectivity index (χ3v) is 1.44. The lowest BCUT2D eigenvalue weighted by Crippen LogP contribution is -1.86. The molecule has 0 unspecified atom stereocenters. The van der Waals surface area contributed by atoms with E-state index in [2.05, 4.69) is 10.8 Å². The fraction of sp³-hybridized carbons (Fsp3) is 0.333. The Morgan fingerprint density at radius 3 is 3.00 bits per heavy atom. The van der Waals surface area contributed by atoms with Gasteiger partial charge in [0.25, 0.3) is 0 Å². The maximum atomic E-state index is 5.39. The molecule has 6 heavy (non-hydrogen) atoms. The molecule has 1 aliphatic rings. The molecule has 0 aromatic rings. The number of rotatable bonds is 0. The molecule has 1 N–H and O–H groups in total. The van der Waals surface area contributed by atoms with Crippen molar-refractivity contribution in [2.45, 2.75) is 0 Å². The van der Waals surface area contributed by atoms with Crippen molar-refractivity contribution in [2.75, 3.05) is 5.75 Å². The maximum Gasteiger partial charge on any atom is 0.116 e. The lowest BCUT2D eigenvalue weighted by molar-refractivity contribution is 1.39. The van der Waals surface area contributed by atoms with Crippen molar-refractivity contribution in [3.63, 3.8) is 0 Å². The molecule has 1 aliphatic heterocycles. The van der Waals surface area contributed by atoms with Gasteiger partial charge in [-0.2, -0.15) is 0 Å². The van der Waals surface area contributed by atoms with Gasteiger partial charge in [0.05, 0.1) is 0 Å². The molecule has 0 spiro atoms. The van der Waals surface area contributed by atoms with Crippen LogP contribution >= 0.6 is 23.5 Å². The largest absolute Gasteiger partial charge is 0.320 e. The molecule has 0 fully saturated rings. The number of halogens is 1. The second kappa shape index (κ2) is 1.76. The van der Waals surface area contributed by atoms with Gasteiger partial charge in [0.2, 0.25) is 0 Å². The molecule has 0 amide bonds. The van der Waals surface area contributed by atoms with Crippen LogP contribution in [0.15, 0.2) is 5.16 Å². The first-order valence-electron chi connectivity index (χ1n) is 1.54. The second-order valence-corrected chi connectivity index (χ2v) is 2.04. The molecule has 3 heteroatoms. The van der Waals surface area contributed by atoms with Crippen LogP contribution in [0.3, 0.4) is 0 Å². The first-order valence-corrected chi connectivity index (χ1v) is 2.90. The summed E-state index contributed by atoms with van der Waals surface area (Å²) in [5, 5.41) is 0.639. The third kappa shape index (κ3) is 0.820. The highest BCUT2D eigenvalue weighted by Crippen LogP contribution is 2.10. The van der Waals surface area contributed by atoms with Gasteiger partial charge in [-0.05, 0) is 11.9 Å². The molecule has 1 nitrogen and oxygen atoms in total. The Morgan fingerprint density at radius 1 is 2.00 bits per heavy atom. The van der Waals surface area contributed by atoms with Gasteiger partial charge in [0.15, 0.2) is 0 Å². The lowest BCUT2D eigenvalue weighted by atomic mass is 10.7. The first-order chi connectivity index (χ1) is 2.89. The monoisotopic (exact) mass is 120 g/mol. The van der Waals surface area contributed by atoms with Crippen LogP contribution in [-0.2, 0) is 0 Å². The second-order valence-electron chi connectivity index (χ2n) is 0.881. The van der Waals surface area contributed by atoms with Crippen LogP contribution in [0.25, 0.3) is 0 Å². The summed E-state index contributed by atoms with van der Waals surface area (Å²) in [6, 6.07) is 0. The van der Waals surface area contributed by atoms with E-state index in [1.54, 1.807) is 11.9 Å². The van der Waals surface area contributed by atoms with Crippen molar-refractivity contribution < 1.29 is 0 Å². The van der Waals surface area contributed by atoms with E-state index in [1.807, 2.05) is 0 Å². The minimum absolute atomic E-state index is 0.639. The van der Waals surface area contributed by atoms with Crippen molar-refractivity contribution >= 4 is 23.5 Å². The fourth-order valence-corrected chi connectivity index (χ4v) is 1.03. The number of hydrogen-bond donors (Lipinski definition) is 1. The van der Waals surface area contributed by atoms with Gasteiger partial charge in [-0.25, -0.2) is 0 Å². The quantitative estimate of drug-likeness (QED) is 0.380. The lowest BCUT2D eigenvalue weighted by Gasteiger charge is -1.84. The van der Waals surface area contributed by atoms with Crippen molar-refractivity contribution in [3.05, 3.63) is 11.2 Å². The summed E-state index contributed by atoms with van der Waals surface area (Å²) >= 11 is 6.94. The molecule has 0 aromatic heterocycles. The maximum absolute atomic E-state index is 5.39. The summed E-state index contributed by atoms with van der Waals surface area (Å²) in [5.74, 6) is 0.874. The highest BCUT2D eigenvalue weighted by atomic mass is 35.5. The Bertz CT molecular complexity index is 80.9. The first kappa shape index (κ1) is 4.34. The van der Waals surface area contributed by atoms with Crippen molar-refractivity contribution in [3.8, 4) is 0 Å². The average Bonchev–Trinajstić information content (AvgIpc) is 1.86. The Kier molecular flexibility index (Phi) is 1.27. The zero-order valence-corrected chi connectivity index (χ0v) is 4.57. The average molecular weight is 121 g/mol. The van der Waals surface area contributed by atoms with Crippen LogP contribution in [-0.4, -0.2) is 5.75 Å². The van der Waals surface area contributed by atoms with E-state index in [0.29, 0.717) is 5.16 Å². The molecule has 0 bridgehead atoms. The van der Waals surface area contributed by atoms with E-state index >= 15 is 0 Å². The summed E-state index contributed by atoms with van der Waals surface area (Å²) in [6.45, 7) is 0. The molecule has 0 atom stereocenters. The number of nitrogens with one attached hydrogen (secondary N) is 1. The Labute approximate surface area is 45.9 Å². The van der Waals surface area contributed by atoms with E-state index in [-0.39, 0.29) is 0 Å². The molecular weight excluding hydrogens is 118 g/mol. The fourth-order valence-electron chi connectivity index (χ4n) is 0.235. The van der Waals surface area contributed by atoms with Gasteiger partial charge in [0, 0.05) is 11.8 Å². The highest BCUT2D eigenvalue weighted by molar-refractivity contribution is 7.97. The molecule has 0 aliphatic carbocycles. The Morgan fingerprint density at radius 2 is 2.83 bits per heavy atom. The summed E-state index contributed by atoms with van der Waals surface area (Å²) in [5.41, 5.74) is 0. The Hall–Kier alpha value is 0.180. The zero-order chi connectivity index (χ0) is 4.41. The smallest absolute Gasteiger partial charge is 0.116 e. The van der Waals surface area contributed by atoms with Crippen molar-refractivity contribution in [1.29, 1.82) is 0 Å². The van der Waals surface area contributed by atoms with Crippen LogP contribution in [0.1, 0.15) is 0 Å². The highest BCUT2D eigenvalue weighted by Gasteiger charge is 1.96. The molecule has 0 saturated heterocycles. The van der Waals surface area contributed by atoms with Gasteiger partial charge in [0.1, 0.15) is 5.16 Å². The van der Waals surface area contributed by atoms with Gasteiger partial charge >= 0.3 is 0 Å². The third-order valence-electron chi connectivity index (χ3n) is 0.461. The van der Waals surface area contributed by atoms with Crippen molar-refractivity contribution in [2.24, 2.45) is 0 Å². The van der Waals surface area contributed by atoms with Gasteiger partial charge < -0.3 is 4.72 Å². The molecule has 33 valence electrons. The summed E-state index contributed by atoms with van der Waals surface area (Å²) in [7, 11) is 0. The van der Waals surface area contributed by atoms with E-state index in [9.17, 15) is 0 Å². The van der Waals surface area contributed by atoms with Gasteiger partial charge in [-0.15, -0.1) is 0 Å². The Balaban J connectivity index is 2.45. The van der Waals surface area contributed by atoms with E-state index in [1.165, 1.54) is 0 Å². The van der Waals surface area contributed by atoms with Crippen LogP contribution in [0.4, 0.5) is 0 Å². The molecule has 1 radical (unpaired) electrons. The van der Waals surface area contributed by atoms with Crippen LogP contribution < -0.4 is 4.72 Å². The van der Waals surface area contributed by atoms with E-state index in [4.69, 9.17) is 11.6 Å². The summed E-state index contributed by atoms with van der Waals surface area (Å²) in [6.07, 6.45) is 2.85. The minimum atomic E-state index is 0.639. The normalized spacial score (nSPS) is 19.8. The summed E-state index contributed by atoms with van der Waals surface area (Å²) in [4.78, 5) is 0. The van der Waals surface area contributed by atoms with E-state index in [0.717, 1.165) is 5.75 Å². The standard InChI is InChI=1S/C3H3ClNS/c4-3-1-2-6-5-3/h5H,2H2. The van der Waals surface area contributed by atoms with Crippen LogP contribution in [0.5, 0.6) is 0 Å². The zero-order valence-electron chi connectivity index (χ0n) is 2.99. The van der Waals surface area contributed by atoms with Crippen LogP contribution in [0.2, 0.25) is 0 Å². The predicted molar refractivity (Wildman–Crippen MR) is 28.2 cm³/mol. The molecular formula is C3H3ClNS.